The Bertz CT molecular complexity index is 316. The third kappa shape index (κ3) is 3.06. The Morgan fingerprint density at radius 3 is 3.19 bits per heavy atom. The van der Waals surface area contributed by atoms with E-state index in [1.54, 1.807) is 0 Å². The lowest BCUT2D eigenvalue weighted by molar-refractivity contribution is 0.0548. The van der Waals surface area contributed by atoms with E-state index in [2.05, 4.69) is 41.2 Å². The van der Waals surface area contributed by atoms with Gasteiger partial charge in [-0.15, -0.1) is 0 Å². The van der Waals surface area contributed by atoms with Crippen LogP contribution in [0.2, 0.25) is 0 Å². The zero-order chi connectivity index (χ0) is 11.4. The first-order valence-electron chi connectivity index (χ1n) is 6.11. The fraction of sp³-hybridized carbons (Fsp3) is 0.750. The lowest BCUT2D eigenvalue weighted by Gasteiger charge is -2.22. The quantitative estimate of drug-likeness (QED) is 0.845. The second-order valence-corrected chi connectivity index (χ2v) is 4.69. The number of ether oxygens (including phenoxy) is 1. The highest BCUT2D eigenvalue weighted by Crippen LogP contribution is 2.18. The van der Waals surface area contributed by atoms with Crippen molar-refractivity contribution in [1.82, 2.24) is 15.1 Å². The molecule has 1 unspecified atom stereocenters. The molecule has 4 nitrogen and oxygen atoms in total. The molecule has 1 N–H and O–H groups in total. The Balaban J connectivity index is 1.90. The summed E-state index contributed by atoms with van der Waals surface area (Å²) < 4.78 is 7.52. The molecule has 0 radical (unpaired) electrons. The van der Waals surface area contributed by atoms with Crippen LogP contribution in [-0.2, 0) is 11.3 Å². The summed E-state index contributed by atoms with van der Waals surface area (Å²) in [5.74, 6) is 0. The van der Waals surface area contributed by atoms with Gasteiger partial charge >= 0.3 is 0 Å². The van der Waals surface area contributed by atoms with Gasteiger partial charge in [0, 0.05) is 25.4 Å². The van der Waals surface area contributed by atoms with Crippen LogP contribution >= 0.6 is 0 Å². The van der Waals surface area contributed by atoms with Gasteiger partial charge in [-0.05, 0) is 18.9 Å². The summed E-state index contributed by atoms with van der Waals surface area (Å²) in [6, 6.07) is 3.02. The van der Waals surface area contributed by atoms with Crippen LogP contribution in [0, 0.1) is 0 Å². The highest BCUT2D eigenvalue weighted by atomic mass is 16.5. The van der Waals surface area contributed by atoms with Crippen LogP contribution in [0.4, 0.5) is 0 Å². The molecule has 1 saturated heterocycles. The highest BCUT2D eigenvalue weighted by Gasteiger charge is 2.16. The van der Waals surface area contributed by atoms with Gasteiger partial charge in [0.1, 0.15) is 0 Å². The first-order valence-corrected chi connectivity index (χ1v) is 6.11. The molecule has 0 amide bonds. The molecule has 2 heterocycles. The van der Waals surface area contributed by atoms with Crippen molar-refractivity contribution in [2.24, 2.45) is 0 Å². The highest BCUT2D eigenvalue weighted by molar-refractivity contribution is 4.99. The molecule has 16 heavy (non-hydrogen) atoms. The second-order valence-electron chi connectivity index (χ2n) is 4.69. The fourth-order valence-electron chi connectivity index (χ4n) is 1.92. The minimum atomic E-state index is 0.432. The molecule has 1 aliphatic heterocycles. The van der Waals surface area contributed by atoms with E-state index < -0.39 is 0 Å². The van der Waals surface area contributed by atoms with E-state index in [0.29, 0.717) is 12.1 Å². The van der Waals surface area contributed by atoms with Crippen molar-refractivity contribution in [2.45, 2.75) is 45.3 Å². The predicted octanol–water partition coefficient (Wildman–Crippen LogP) is 1.73. The molecule has 1 atom stereocenters. The van der Waals surface area contributed by atoms with Crippen LogP contribution in [0.3, 0.4) is 0 Å². The minimum Gasteiger partial charge on any atom is -0.379 e. The molecule has 0 aliphatic carbocycles. The normalized spacial score (nSPS) is 21.6. The maximum absolute atomic E-state index is 5.47. The van der Waals surface area contributed by atoms with Crippen molar-refractivity contribution < 1.29 is 4.74 Å². The van der Waals surface area contributed by atoms with Gasteiger partial charge in [0.25, 0.3) is 0 Å². The second kappa shape index (κ2) is 5.46. The van der Waals surface area contributed by atoms with Gasteiger partial charge in [0.2, 0.25) is 0 Å². The molecule has 1 aromatic heterocycles. The minimum absolute atomic E-state index is 0.432. The lowest BCUT2D eigenvalue weighted by Crippen LogP contribution is -2.23. The van der Waals surface area contributed by atoms with Crippen LogP contribution < -0.4 is 5.32 Å². The number of rotatable bonds is 4. The Morgan fingerprint density at radius 2 is 2.50 bits per heavy atom. The molecule has 0 bridgehead atoms. The van der Waals surface area contributed by atoms with E-state index in [1.165, 1.54) is 6.42 Å². The van der Waals surface area contributed by atoms with E-state index in [1.807, 2.05) is 0 Å². The van der Waals surface area contributed by atoms with Crippen molar-refractivity contribution in [2.75, 3.05) is 13.2 Å². The van der Waals surface area contributed by atoms with Gasteiger partial charge in [-0.25, -0.2) is 0 Å². The van der Waals surface area contributed by atoms with E-state index in [4.69, 9.17) is 4.74 Å². The van der Waals surface area contributed by atoms with Gasteiger partial charge in [-0.3, -0.25) is 4.68 Å². The van der Waals surface area contributed by atoms with E-state index >= 15 is 0 Å². The molecular formula is C12H21N3O. The third-order valence-corrected chi connectivity index (χ3v) is 2.87. The van der Waals surface area contributed by atoms with Crippen molar-refractivity contribution in [3.63, 3.8) is 0 Å². The molecule has 0 aromatic carbocycles. The number of aromatic nitrogens is 2. The standard InChI is InChI=1S/C12H21N3O/c1-10(2)13-8-11-5-6-15(14-11)12-4-3-7-16-9-12/h5-6,10,12-13H,3-4,7-9H2,1-2H3. The average molecular weight is 223 g/mol. The van der Waals surface area contributed by atoms with Gasteiger partial charge in [-0.2, -0.15) is 5.10 Å². The summed E-state index contributed by atoms with van der Waals surface area (Å²) in [6.07, 6.45) is 4.39. The first-order chi connectivity index (χ1) is 7.75. The summed E-state index contributed by atoms with van der Waals surface area (Å²) in [5, 5.41) is 7.95. The number of hydrogen-bond donors (Lipinski definition) is 1. The van der Waals surface area contributed by atoms with Crippen LogP contribution in [0.15, 0.2) is 12.3 Å². The van der Waals surface area contributed by atoms with Crippen LogP contribution in [-0.4, -0.2) is 29.0 Å². The summed E-state index contributed by atoms with van der Waals surface area (Å²) >= 11 is 0. The Kier molecular flexibility index (Phi) is 3.96. The van der Waals surface area contributed by atoms with Crippen LogP contribution in [0.25, 0.3) is 0 Å². The molecule has 90 valence electrons. The topological polar surface area (TPSA) is 39.1 Å². The predicted molar refractivity (Wildman–Crippen MR) is 63.3 cm³/mol. The number of nitrogens with one attached hydrogen (secondary N) is 1. The third-order valence-electron chi connectivity index (χ3n) is 2.87. The molecule has 0 spiro atoms. The zero-order valence-electron chi connectivity index (χ0n) is 10.1. The van der Waals surface area contributed by atoms with Crippen LogP contribution in [0.5, 0.6) is 0 Å². The Hall–Kier alpha value is -0.870. The number of hydrogen-bond acceptors (Lipinski definition) is 3. The largest absolute Gasteiger partial charge is 0.379 e. The smallest absolute Gasteiger partial charge is 0.0762 e. The molecule has 2 rings (SSSR count). The maximum Gasteiger partial charge on any atom is 0.0762 e. The molecule has 1 fully saturated rings. The van der Waals surface area contributed by atoms with Crippen LogP contribution in [0.1, 0.15) is 38.4 Å². The van der Waals surface area contributed by atoms with Crippen molar-refractivity contribution in [3.05, 3.63) is 18.0 Å². The van der Waals surface area contributed by atoms with E-state index in [-0.39, 0.29) is 0 Å². The van der Waals surface area contributed by atoms with Gasteiger partial charge < -0.3 is 10.1 Å². The van der Waals surface area contributed by atoms with Crippen molar-refractivity contribution >= 4 is 0 Å². The molecule has 1 aromatic rings. The number of nitrogens with zero attached hydrogens (tertiary/aromatic N) is 2. The van der Waals surface area contributed by atoms with E-state index in [0.717, 1.165) is 31.9 Å². The van der Waals surface area contributed by atoms with Crippen molar-refractivity contribution in [3.8, 4) is 0 Å². The summed E-state index contributed by atoms with van der Waals surface area (Å²) in [5.41, 5.74) is 1.11. The fourth-order valence-corrected chi connectivity index (χ4v) is 1.92. The average Bonchev–Trinajstić information content (AvgIpc) is 2.76. The maximum atomic E-state index is 5.47. The molecule has 0 saturated carbocycles. The first kappa shape index (κ1) is 11.6. The monoisotopic (exact) mass is 223 g/mol. The Labute approximate surface area is 97.0 Å². The molecule has 1 aliphatic rings. The van der Waals surface area contributed by atoms with Gasteiger partial charge in [0.05, 0.1) is 18.3 Å². The SMILES string of the molecule is CC(C)NCc1ccn(C2CCCOC2)n1. The van der Waals surface area contributed by atoms with Gasteiger partial charge in [-0.1, -0.05) is 13.8 Å². The van der Waals surface area contributed by atoms with Gasteiger partial charge in [0.15, 0.2) is 0 Å². The zero-order valence-corrected chi connectivity index (χ0v) is 10.1. The summed E-state index contributed by atoms with van der Waals surface area (Å²) in [4.78, 5) is 0. The lowest BCUT2D eigenvalue weighted by atomic mass is 10.1. The Morgan fingerprint density at radius 1 is 1.62 bits per heavy atom. The molecular weight excluding hydrogens is 202 g/mol. The summed E-state index contributed by atoms with van der Waals surface area (Å²) in [7, 11) is 0. The molecule has 4 heteroatoms. The van der Waals surface area contributed by atoms with Crippen molar-refractivity contribution in [1.29, 1.82) is 0 Å². The summed E-state index contributed by atoms with van der Waals surface area (Å²) in [6.45, 7) is 6.84. The van der Waals surface area contributed by atoms with E-state index in [9.17, 15) is 0 Å².